The van der Waals surface area contributed by atoms with Crippen LogP contribution in [0.5, 0.6) is 0 Å². The van der Waals surface area contributed by atoms with Crippen LogP contribution in [0.15, 0.2) is 28.9 Å². The summed E-state index contributed by atoms with van der Waals surface area (Å²) in [5.41, 5.74) is 0.521. The summed E-state index contributed by atoms with van der Waals surface area (Å²) in [7, 11) is 0. The van der Waals surface area contributed by atoms with Crippen LogP contribution in [0.4, 0.5) is 5.82 Å². The first-order valence-corrected chi connectivity index (χ1v) is 8.25. The van der Waals surface area contributed by atoms with E-state index in [-0.39, 0.29) is 18.4 Å². The molecule has 132 valence electrons. The van der Waals surface area contributed by atoms with Crippen molar-refractivity contribution < 1.29 is 14.1 Å². The molecule has 1 saturated heterocycles. The Kier molecular flexibility index (Phi) is 5.30. The van der Waals surface area contributed by atoms with Crippen LogP contribution in [0.1, 0.15) is 16.1 Å². The Hall–Kier alpha value is -2.45. The molecule has 1 aliphatic rings. The molecule has 25 heavy (non-hydrogen) atoms. The molecular weight excluding hydrogens is 346 g/mol. The first kappa shape index (κ1) is 17.4. The quantitative estimate of drug-likeness (QED) is 0.826. The molecule has 0 bridgehead atoms. The van der Waals surface area contributed by atoms with Crippen molar-refractivity contribution in [2.24, 2.45) is 0 Å². The minimum absolute atomic E-state index is 0.0773. The largest absolute Gasteiger partial charge is 0.360 e. The number of aryl methyl sites for hydroxylation is 1. The fraction of sp³-hybridized carbons (Fsp3) is 0.375. The second-order valence-corrected chi connectivity index (χ2v) is 6.19. The third-order valence-corrected chi connectivity index (χ3v) is 4.10. The molecule has 2 amide bonds. The number of nitrogens with zero attached hydrogens (tertiary/aromatic N) is 4. The summed E-state index contributed by atoms with van der Waals surface area (Å²) in [6.07, 6.45) is 1.52. The molecule has 1 aliphatic heterocycles. The lowest BCUT2D eigenvalue weighted by Gasteiger charge is -2.34. The lowest BCUT2D eigenvalue weighted by Crippen LogP contribution is -2.50. The molecule has 2 aromatic heterocycles. The normalized spacial score (nSPS) is 15.2. The molecular formula is C16H18ClN5O3. The Bertz CT molecular complexity index is 771. The van der Waals surface area contributed by atoms with Crippen molar-refractivity contribution in [2.75, 3.05) is 38.0 Å². The van der Waals surface area contributed by atoms with Crippen molar-refractivity contribution in [1.29, 1.82) is 0 Å². The molecule has 3 heterocycles. The van der Waals surface area contributed by atoms with Gasteiger partial charge in [-0.3, -0.25) is 14.5 Å². The minimum Gasteiger partial charge on any atom is -0.360 e. The van der Waals surface area contributed by atoms with Crippen LogP contribution >= 0.6 is 11.6 Å². The van der Waals surface area contributed by atoms with Crippen molar-refractivity contribution in [1.82, 2.24) is 19.9 Å². The highest BCUT2D eigenvalue weighted by Crippen LogP contribution is 2.12. The monoisotopic (exact) mass is 363 g/mol. The van der Waals surface area contributed by atoms with Gasteiger partial charge in [-0.25, -0.2) is 4.98 Å². The fourth-order valence-corrected chi connectivity index (χ4v) is 2.81. The van der Waals surface area contributed by atoms with Gasteiger partial charge in [-0.05, 0) is 19.1 Å². The van der Waals surface area contributed by atoms with Gasteiger partial charge in [-0.2, -0.15) is 0 Å². The van der Waals surface area contributed by atoms with E-state index in [4.69, 9.17) is 16.1 Å². The molecule has 0 spiro atoms. The zero-order valence-corrected chi connectivity index (χ0v) is 14.5. The molecule has 0 unspecified atom stereocenters. The topological polar surface area (TPSA) is 91.6 Å². The SMILES string of the molecule is Cc1cc(NC(=O)CN2CCN(C(=O)c3ccnc(Cl)c3)CC2)no1. The van der Waals surface area contributed by atoms with E-state index in [1.54, 1.807) is 30.0 Å². The maximum atomic E-state index is 12.4. The number of amides is 2. The standard InChI is InChI=1S/C16H18ClN5O3/c1-11-8-14(20-25-11)19-15(23)10-21-4-6-22(7-5-21)16(24)12-2-3-18-13(17)9-12/h2-3,8-9H,4-7,10H2,1H3,(H,19,20,23). The Balaban J connectivity index is 1.48. The summed E-state index contributed by atoms with van der Waals surface area (Å²) in [4.78, 5) is 32.1. The fourth-order valence-electron chi connectivity index (χ4n) is 2.64. The highest BCUT2D eigenvalue weighted by atomic mass is 35.5. The van der Waals surface area contributed by atoms with Crippen molar-refractivity contribution in [3.63, 3.8) is 0 Å². The van der Waals surface area contributed by atoms with Crippen molar-refractivity contribution in [3.05, 3.63) is 40.9 Å². The second kappa shape index (κ2) is 7.62. The van der Waals surface area contributed by atoms with Gasteiger partial charge >= 0.3 is 0 Å². The zero-order chi connectivity index (χ0) is 17.8. The summed E-state index contributed by atoms with van der Waals surface area (Å²) in [5, 5.41) is 6.71. The molecule has 8 nitrogen and oxygen atoms in total. The van der Waals surface area contributed by atoms with Gasteiger partial charge in [0.25, 0.3) is 5.91 Å². The molecule has 0 radical (unpaired) electrons. The van der Waals surface area contributed by atoms with E-state index >= 15 is 0 Å². The van der Waals surface area contributed by atoms with Gasteiger partial charge in [0.15, 0.2) is 5.82 Å². The Labute approximate surface area is 149 Å². The molecule has 0 saturated carbocycles. The van der Waals surface area contributed by atoms with Gasteiger partial charge in [-0.1, -0.05) is 16.8 Å². The number of piperazine rings is 1. The first-order valence-electron chi connectivity index (χ1n) is 7.87. The van der Waals surface area contributed by atoms with Crippen LogP contribution in [0, 0.1) is 6.92 Å². The number of halogens is 1. The smallest absolute Gasteiger partial charge is 0.254 e. The van der Waals surface area contributed by atoms with E-state index in [0.29, 0.717) is 48.5 Å². The van der Waals surface area contributed by atoms with Gasteiger partial charge in [0.05, 0.1) is 6.54 Å². The molecule has 0 aliphatic carbocycles. The van der Waals surface area contributed by atoms with E-state index in [0.717, 1.165) is 0 Å². The third kappa shape index (κ3) is 4.55. The van der Waals surface area contributed by atoms with Gasteiger partial charge in [0, 0.05) is 44.0 Å². The van der Waals surface area contributed by atoms with Crippen molar-refractivity contribution >= 4 is 29.2 Å². The van der Waals surface area contributed by atoms with E-state index in [1.165, 1.54) is 6.20 Å². The third-order valence-electron chi connectivity index (χ3n) is 3.90. The Morgan fingerprint density at radius 2 is 2.04 bits per heavy atom. The van der Waals surface area contributed by atoms with Crippen LogP contribution in [0.25, 0.3) is 0 Å². The van der Waals surface area contributed by atoms with Crippen molar-refractivity contribution in [3.8, 4) is 0 Å². The van der Waals surface area contributed by atoms with Crippen LogP contribution < -0.4 is 5.32 Å². The average molecular weight is 364 g/mol. The molecule has 9 heteroatoms. The summed E-state index contributed by atoms with van der Waals surface area (Å²) >= 11 is 5.83. The van der Waals surface area contributed by atoms with E-state index in [9.17, 15) is 9.59 Å². The van der Waals surface area contributed by atoms with Crippen LogP contribution in [-0.2, 0) is 4.79 Å². The second-order valence-electron chi connectivity index (χ2n) is 5.81. The average Bonchev–Trinajstić information content (AvgIpc) is 2.99. The van der Waals surface area contributed by atoms with E-state index < -0.39 is 0 Å². The molecule has 1 N–H and O–H groups in total. The molecule has 3 rings (SSSR count). The number of anilines is 1. The number of nitrogens with one attached hydrogen (secondary N) is 1. The number of hydrogen-bond acceptors (Lipinski definition) is 6. The zero-order valence-electron chi connectivity index (χ0n) is 13.7. The highest BCUT2D eigenvalue weighted by Gasteiger charge is 2.23. The Morgan fingerprint density at radius 1 is 1.28 bits per heavy atom. The van der Waals surface area contributed by atoms with Crippen LogP contribution in [-0.4, -0.2) is 64.5 Å². The summed E-state index contributed by atoms with van der Waals surface area (Å²) in [5.74, 6) is 0.810. The molecule has 2 aromatic rings. The summed E-state index contributed by atoms with van der Waals surface area (Å²) < 4.78 is 4.91. The number of carbonyl (C=O) groups excluding carboxylic acids is 2. The maximum absolute atomic E-state index is 12.4. The predicted molar refractivity (Wildman–Crippen MR) is 91.5 cm³/mol. The van der Waals surface area contributed by atoms with Gasteiger partial charge in [0.1, 0.15) is 10.9 Å². The van der Waals surface area contributed by atoms with E-state index in [1.807, 2.05) is 4.90 Å². The van der Waals surface area contributed by atoms with Crippen LogP contribution in [0.2, 0.25) is 5.15 Å². The number of pyridine rings is 1. The molecule has 0 aromatic carbocycles. The lowest BCUT2D eigenvalue weighted by atomic mass is 10.2. The number of hydrogen-bond donors (Lipinski definition) is 1. The lowest BCUT2D eigenvalue weighted by molar-refractivity contribution is -0.117. The summed E-state index contributed by atoms with van der Waals surface area (Å²) in [6, 6.07) is 4.87. The number of rotatable bonds is 4. The van der Waals surface area contributed by atoms with Crippen LogP contribution in [0.3, 0.4) is 0 Å². The number of aromatic nitrogens is 2. The Morgan fingerprint density at radius 3 is 2.68 bits per heavy atom. The molecule has 1 fully saturated rings. The van der Waals surface area contributed by atoms with Gasteiger partial charge < -0.3 is 14.7 Å². The minimum atomic E-state index is -0.158. The maximum Gasteiger partial charge on any atom is 0.254 e. The highest BCUT2D eigenvalue weighted by molar-refractivity contribution is 6.29. The summed E-state index contributed by atoms with van der Waals surface area (Å²) in [6.45, 7) is 4.35. The molecule has 0 atom stereocenters. The predicted octanol–water partition coefficient (Wildman–Crippen LogP) is 1.43. The van der Waals surface area contributed by atoms with E-state index in [2.05, 4.69) is 15.5 Å². The number of carbonyl (C=O) groups is 2. The first-order chi connectivity index (χ1) is 12.0. The van der Waals surface area contributed by atoms with Gasteiger partial charge in [0.2, 0.25) is 5.91 Å². The van der Waals surface area contributed by atoms with Crippen molar-refractivity contribution in [2.45, 2.75) is 6.92 Å². The van der Waals surface area contributed by atoms with Gasteiger partial charge in [-0.15, -0.1) is 0 Å².